The summed E-state index contributed by atoms with van der Waals surface area (Å²) in [6.45, 7) is 13.5. The molecule has 3 atom stereocenters. The van der Waals surface area contributed by atoms with Crippen LogP contribution in [0.1, 0.15) is 30.0 Å². The Bertz CT molecular complexity index is 616. The minimum Gasteiger partial charge on any atom is -0.381 e. The van der Waals surface area contributed by atoms with Crippen LogP contribution in [0, 0.1) is 12.8 Å². The van der Waals surface area contributed by atoms with Crippen LogP contribution in [0.25, 0.3) is 0 Å². The summed E-state index contributed by atoms with van der Waals surface area (Å²) in [7, 11) is 0. The van der Waals surface area contributed by atoms with Crippen LogP contribution in [0.15, 0.2) is 17.1 Å². The SMILES string of the molecule is CCNC(=NCC(C1CCOC1)N1CCOCC1)NC(C)Cc1ccc(C)s1.I. The Labute approximate surface area is 196 Å². The fourth-order valence-electron chi connectivity index (χ4n) is 4.01. The van der Waals surface area contributed by atoms with Gasteiger partial charge in [0, 0.05) is 60.4 Å². The molecule has 2 fully saturated rings. The molecule has 0 saturated carbocycles. The molecule has 0 amide bonds. The average Bonchev–Trinajstić information content (AvgIpc) is 3.35. The van der Waals surface area contributed by atoms with Crippen molar-refractivity contribution in [3.8, 4) is 0 Å². The zero-order valence-corrected chi connectivity index (χ0v) is 21.1. The maximum Gasteiger partial charge on any atom is 0.191 e. The Morgan fingerprint density at radius 1 is 1.28 bits per heavy atom. The van der Waals surface area contributed by atoms with Crippen molar-refractivity contribution in [1.29, 1.82) is 0 Å². The van der Waals surface area contributed by atoms with Gasteiger partial charge in [-0.25, -0.2) is 0 Å². The molecule has 0 spiro atoms. The number of nitrogens with zero attached hydrogens (tertiary/aromatic N) is 2. The molecule has 2 aliphatic rings. The van der Waals surface area contributed by atoms with E-state index in [1.165, 1.54) is 9.75 Å². The Kier molecular flexibility index (Phi) is 11.2. The second-order valence-electron chi connectivity index (χ2n) is 7.82. The van der Waals surface area contributed by atoms with Gasteiger partial charge in [0.2, 0.25) is 0 Å². The molecule has 3 rings (SSSR count). The molecule has 2 aliphatic heterocycles. The predicted octanol–water partition coefficient (Wildman–Crippen LogP) is 2.90. The Balaban J connectivity index is 0.00000300. The molecular formula is C21H37IN4O2S. The summed E-state index contributed by atoms with van der Waals surface area (Å²) < 4.78 is 11.2. The summed E-state index contributed by atoms with van der Waals surface area (Å²) in [5.74, 6) is 1.48. The molecule has 3 heterocycles. The molecule has 2 saturated heterocycles. The first-order valence-corrected chi connectivity index (χ1v) is 11.5. The number of guanidine groups is 1. The van der Waals surface area contributed by atoms with E-state index in [1.54, 1.807) is 0 Å². The summed E-state index contributed by atoms with van der Waals surface area (Å²) in [5.41, 5.74) is 0. The second-order valence-corrected chi connectivity index (χ2v) is 9.19. The number of halogens is 1. The number of rotatable bonds is 8. The molecule has 3 unspecified atom stereocenters. The van der Waals surface area contributed by atoms with Gasteiger partial charge in [0.25, 0.3) is 0 Å². The molecular weight excluding hydrogens is 499 g/mol. The molecule has 2 N–H and O–H groups in total. The first-order valence-electron chi connectivity index (χ1n) is 10.7. The first-order chi connectivity index (χ1) is 13.7. The van der Waals surface area contributed by atoms with Crippen LogP contribution < -0.4 is 10.6 Å². The highest BCUT2D eigenvalue weighted by atomic mass is 127. The summed E-state index contributed by atoms with van der Waals surface area (Å²) >= 11 is 1.88. The van der Waals surface area contributed by atoms with Crippen molar-refractivity contribution in [2.45, 2.75) is 45.7 Å². The average molecular weight is 537 g/mol. The number of hydrogen-bond acceptors (Lipinski definition) is 5. The predicted molar refractivity (Wildman–Crippen MR) is 132 cm³/mol. The second kappa shape index (κ2) is 13.1. The molecule has 0 aliphatic carbocycles. The smallest absolute Gasteiger partial charge is 0.191 e. The van der Waals surface area contributed by atoms with Crippen LogP contribution in [0.5, 0.6) is 0 Å². The zero-order valence-electron chi connectivity index (χ0n) is 18.0. The standard InChI is InChI=1S/C21H36N4O2S.HI/c1-4-22-21(24-16(2)13-19-6-5-17(3)28-19)23-14-20(18-7-10-27-15-18)25-8-11-26-12-9-25;/h5-6,16,18,20H,4,7-15H2,1-3H3,(H2,22,23,24);1H. The van der Waals surface area contributed by atoms with Gasteiger partial charge >= 0.3 is 0 Å². The van der Waals surface area contributed by atoms with Crippen molar-refractivity contribution in [3.05, 3.63) is 21.9 Å². The van der Waals surface area contributed by atoms with E-state index in [0.29, 0.717) is 18.0 Å². The van der Waals surface area contributed by atoms with Crippen LogP contribution in [0.4, 0.5) is 0 Å². The summed E-state index contributed by atoms with van der Waals surface area (Å²) in [6.07, 6.45) is 2.15. The number of nitrogens with one attached hydrogen (secondary N) is 2. The molecule has 6 nitrogen and oxygen atoms in total. The van der Waals surface area contributed by atoms with E-state index in [-0.39, 0.29) is 24.0 Å². The highest BCUT2D eigenvalue weighted by Crippen LogP contribution is 2.22. The van der Waals surface area contributed by atoms with Crippen LogP contribution in [0.3, 0.4) is 0 Å². The molecule has 166 valence electrons. The topological polar surface area (TPSA) is 58.1 Å². The zero-order chi connectivity index (χ0) is 19.8. The minimum atomic E-state index is 0. The molecule has 0 bridgehead atoms. The van der Waals surface area contributed by atoms with E-state index in [2.05, 4.69) is 48.4 Å². The molecule has 0 aromatic carbocycles. The highest BCUT2D eigenvalue weighted by Gasteiger charge is 2.31. The van der Waals surface area contributed by atoms with Gasteiger partial charge in [-0.2, -0.15) is 0 Å². The monoisotopic (exact) mass is 536 g/mol. The van der Waals surface area contributed by atoms with Gasteiger partial charge in [-0.1, -0.05) is 0 Å². The van der Waals surface area contributed by atoms with Crippen LogP contribution in [-0.4, -0.2) is 75.5 Å². The maximum atomic E-state index is 5.68. The molecule has 8 heteroatoms. The summed E-state index contributed by atoms with van der Waals surface area (Å²) in [4.78, 5) is 10.3. The van der Waals surface area contributed by atoms with E-state index >= 15 is 0 Å². The van der Waals surface area contributed by atoms with Gasteiger partial charge in [-0.05, 0) is 39.3 Å². The Hall–Kier alpha value is -0.420. The van der Waals surface area contributed by atoms with Crippen molar-refractivity contribution >= 4 is 41.3 Å². The van der Waals surface area contributed by atoms with Gasteiger partial charge in [-0.15, -0.1) is 35.3 Å². The summed E-state index contributed by atoms with van der Waals surface area (Å²) in [5, 5.41) is 7.02. The third-order valence-corrected chi connectivity index (χ3v) is 6.51. The normalized spacial score (nSPS) is 22.7. The number of aryl methyl sites for hydroxylation is 1. The van der Waals surface area contributed by atoms with E-state index < -0.39 is 0 Å². The third-order valence-electron chi connectivity index (χ3n) is 5.49. The molecule has 1 aromatic rings. The lowest BCUT2D eigenvalue weighted by atomic mass is 9.97. The lowest BCUT2D eigenvalue weighted by molar-refractivity contribution is 0.00368. The highest BCUT2D eigenvalue weighted by molar-refractivity contribution is 14.0. The minimum absolute atomic E-state index is 0. The Morgan fingerprint density at radius 3 is 2.69 bits per heavy atom. The molecule has 1 aromatic heterocycles. The number of ether oxygens (including phenoxy) is 2. The van der Waals surface area contributed by atoms with Crippen molar-refractivity contribution in [2.24, 2.45) is 10.9 Å². The van der Waals surface area contributed by atoms with Crippen molar-refractivity contribution in [2.75, 3.05) is 52.6 Å². The first kappa shape index (κ1) is 24.8. The van der Waals surface area contributed by atoms with E-state index in [0.717, 1.165) is 71.4 Å². The van der Waals surface area contributed by atoms with Gasteiger partial charge in [0.05, 0.1) is 26.4 Å². The Morgan fingerprint density at radius 2 is 2.07 bits per heavy atom. The number of aliphatic imine (C=N–C) groups is 1. The lowest BCUT2D eigenvalue weighted by Gasteiger charge is -2.36. The molecule has 29 heavy (non-hydrogen) atoms. The van der Waals surface area contributed by atoms with Gasteiger partial charge in [-0.3, -0.25) is 9.89 Å². The number of morpholine rings is 1. The van der Waals surface area contributed by atoms with E-state index in [1.807, 2.05) is 11.3 Å². The van der Waals surface area contributed by atoms with E-state index in [4.69, 9.17) is 14.5 Å². The van der Waals surface area contributed by atoms with Gasteiger partial charge < -0.3 is 20.1 Å². The van der Waals surface area contributed by atoms with Crippen molar-refractivity contribution in [3.63, 3.8) is 0 Å². The van der Waals surface area contributed by atoms with Crippen LogP contribution in [0.2, 0.25) is 0 Å². The number of hydrogen-bond donors (Lipinski definition) is 2. The third kappa shape index (κ3) is 7.97. The van der Waals surface area contributed by atoms with Crippen LogP contribution in [-0.2, 0) is 15.9 Å². The summed E-state index contributed by atoms with van der Waals surface area (Å²) in [6, 6.07) is 5.20. The largest absolute Gasteiger partial charge is 0.381 e. The maximum absolute atomic E-state index is 5.68. The fraction of sp³-hybridized carbons (Fsp3) is 0.762. The van der Waals surface area contributed by atoms with Crippen molar-refractivity contribution in [1.82, 2.24) is 15.5 Å². The molecule has 0 radical (unpaired) electrons. The number of thiophene rings is 1. The fourth-order valence-corrected chi connectivity index (χ4v) is 5.03. The van der Waals surface area contributed by atoms with Crippen molar-refractivity contribution < 1.29 is 9.47 Å². The quantitative estimate of drug-likeness (QED) is 0.304. The van der Waals surface area contributed by atoms with Gasteiger partial charge in [0.1, 0.15) is 0 Å². The van der Waals surface area contributed by atoms with Gasteiger partial charge in [0.15, 0.2) is 5.96 Å². The van der Waals surface area contributed by atoms with E-state index in [9.17, 15) is 0 Å². The van der Waals surface area contributed by atoms with Crippen LogP contribution >= 0.6 is 35.3 Å². The lowest BCUT2D eigenvalue weighted by Crippen LogP contribution is -2.50.